The standard InChI is InChI=1S/C21H32N2O4/c1-20(2)11-21(12-22(3)4)13-23(10-17(20)21)19(24)14-8-15(25-5)18(27-7)16(9-14)26-6/h8-9,17H,10-13H2,1-7H3/t17-,21+/m1/s1. The second kappa shape index (κ2) is 6.89. The van der Waals surface area contributed by atoms with Crippen molar-refractivity contribution in [1.29, 1.82) is 0 Å². The summed E-state index contributed by atoms with van der Waals surface area (Å²) >= 11 is 0. The van der Waals surface area contributed by atoms with Crippen LogP contribution in [0.3, 0.4) is 0 Å². The van der Waals surface area contributed by atoms with Gasteiger partial charge in [-0.25, -0.2) is 0 Å². The van der Waals surface area contributed by atoms with E-state index in [1.165, 1.54) is 0 Å². The van der Waals surface area contributed by atoms with Gasteiger partial charge in [0, 0.05) is 30.6 Å². The third-order valence-corrected chi connectivity index (χ3v) is 6.23. The molecule has 0 bridgehead atoms. The largest absolute Gasteiger partial charge is 0.493 e. The van der Waals surface area contributed by atoms with Gasteiger partial charge in [-0.05, 0) is 44.0 Å². The van der Waals surface area contributed by atoms with E-state index in [2.05, 4.69) is 32.8 Å². The van der Waals surface area contributed by atoms with E-state index in [1.54, 1.807) is 33.5 Å². The molecule has 0 spiro atoms. The molecule has 3 rings (SSSR count). The molecule has 1 aliphatic heterocycles. The van der Waals surface area contributed by atoms with Crippen LogP contribution >= 0.6 is 0 Å². The maximum atomic E-state index is 13.3. The number of ether oxygens (including phenoxy) is 3. The van der Waals surface area contributed by atoms with Crippen molar-refractivity contribution in [3.63, 3.8) is 0 Å². The molecule has 2 atom stereocenters. The molecule has 1 aliphatic carbocycles. The van der Waals surface area contributed by atoms with Gasteiger partial charge in [-0.3, -0.25) is 4.79 Å². The Bertz CT molecular complexity index is 702. The predicted molar refractivity (Wildman–Crippen MR) is 105 cm³/mol. The van der Waals surface area contributed by atoms with Crippen molar-refractivity contribution in [1.82, 2.24) is 9.80 Å². The summed E-state index contributed by atoms with van der Waals surface area (Å²) in [4.78, 5) is 17.6. The van der Waals surface area contributed by atoms with E-state index in [9.17, 15) is 4.79 Å². The topological polar surface area (TPSA) is 51.2 Å². The minimum absolute atomic E-state index is 0.0255. The molecule has 2 fully saturated rings. The van der Waals surface area contributed by atoms with E-state index in [0.29, 0.717) is 28.7 Å². The zero-order chi connectivity index (χ0) is 20.0. The molecule has 1 saturated carbocycles. The molecule has 0 N–H and O–H groups in total. The van der Waals surface area contributed by atoms with E-state index in [4.69, 9.17) is 14.2 Å². The fraction of sp³-hybridized carbons (Fsp3) is 0.667. The Kier molecular flexibility index (Phi) is 5.06. The SMILES string of the molecule is COc1cc(C(=O)N2C[C@@H]3C(C)(C)C[C@]3(CN(C)C)C2)cc(OC)c1OC. The van der Waals surface area contributed by atoms with Gasteiger partial charge in [0.25, 0.3) is 5.91 Å². The van der Waals surface area contributed by atoms with E-state index in [0.717, 1.165) is 26.1 Å². The van der Waals surface area contributed by atoms with E-state index in [1.807, 2.05) is 4.90 Å². The Morgan fingerprint density at radius 1 is 1.15 bits per heavy atom. The number of hydrogen-bond donors (Lipinski definition) is 0. The Labute approximate surface area is 162 Å². The first-order valence-electron chi connectivity index (χ1n) is 9.41. The van der Waals surface area contributed by atoms with Crippen LogP contribution in [0.1, 0.15) is 30.6 Å². The monoisotopic (exact) mass is 376 g/mol. The highest BCUT2D eigenvalue weighted by Crippen LogP contribution is 2.63. The molecule has 6 heteroatoms. The molecule has 0 aromatic heterocycles. The average molecular weight is 376 g/mol. The Balaban J connectivity index is 1.89. The molecule has 1 amide bonds. The van der Waals surface area contributed by atoms with Gasteiger partial charge in [0.15, 0.2) is 11.5 Å². The van der Waals surface area contributed by atoms with Crippen LogP contribution in [0.15, 0.2) is 12.1 Å². The summed E-state index contributed by atoms with van der Waals surface area (Å²) in [7, 11) is 8.92. The second-order valence-electron chi connectivity index (χ2n) is 8.92. The highest BCUT2D eigenvalue weighted by Gasteiger charge is 2.63. The Hall–Kier alpha value is -1.95. The first-order chi connectivity index (χ1) is 12.7. The van der Waals surface area contributed by atoms with Gasteiger partial charge in [0.2, 0.25) is 5.75 Å². The number of rotatable bonds is 6. The average Bonchev–Trinajstić information content (AvgIpc) is 2.93. The van der Waals surface area contributed by atoms with Crippen molar-refractivity contribution < 1.29 is 19.0 Å². The summed E-state index contributed by atoms with van der Waals surface area (Å²) in [5, 5.41) is 0. The molecule has 6 nitrogen and oxygen atoms in total. The Morgan fingerprint density at radius 2 is 1.74 bits per heavy atom. The first-order valence-corrected chi connectivity index (χ1v) is 9.41. The molecule has 1 heterocycles. The van der Waals surface area contributed by atoms with Crippen molar-refractivity contribution in [3.8, 4) is 17.2 Å². The molecule has 1 saturated heterocycles. The van der Waals surface area contributed by atoms with Crippen LogP contribution in [0.5, 0.6) is 17.2 Å². The number of amides is 1. The quantitative estimate of drug-likeness (QED) is 0.764. The van der Waals surface area contributed by atoms with Crippen molar-refractivity contribution in [2.45, 2.75) is 20.3 Å². The molecule has 27 heavy (non-hydrogen) atoms. The number of hydrogen-bond acceptors (Lipinski definition) is 5. The fourth-order valence-electron chi connectivity index (χ4n) is 5.51. The smallest absolute Gasteiger partial charge is 0.254 e. The first kappa shape index (κ1) is 19.8. The lowest BCUT2D eigenvalue weighted by Crippen LogP contribution is -2.57. The number of benzene rings is 1. The molecular weight excluding hydrogens is 344 g/mol. The van der Waals surface area contributed by atoms with Gasteiger partial charge in [-0.2, -0.15) is 0 Å². The van der Waals surface area contributed by atoms with E-state index in [-0.39, 0.29) is 16.7 Å². The number of methoxy groups -OCH3 is 3. The number of fused-ring (bicyclic) bond motifs is 1. The van der Waals surface area contributed by atoms with Crippen molar-refractivity contribution in [2.75, 3.05) is 55.1 Å². The molecule has 1 aromatic carbocycles. The lowest BCUT2D eigenvalue weighted by molar-refractivity contribution is -0.0789. The second-order valence-corrected chi connectivity index (χ2v) is 8.92. The van der Waals surface area contributed by atoms with Gasteiger partial charge in [-0.15, -0.1) is 0 Å². The highest BCUT2D eigenvalue weighted by molar-refractivity contribution is 5.96. The minimum Gasteiger partial charge on any atom is -0.493 e. The molecule has 0 radical (unpaired) electrons. The van der Waals surface area contributed by atoms with Crippen LogP contribution in [0.4, 0.5) is 0 Å². The molecule has 2 aliphatic rings. The van der Waals surface area contributed by atoms with Crippen LogP contribution < -0.4 is 14.2 Å². The summed E-state index contributed by atoms with van der Waals surface area (Å²) in [6, 6.07) is 3.49. The van der Waals surface area contributed by atoms with Gasteiger partial charge in [0.1, 0.15) is 0 Å². The summed E-state index contributed by atoms with van der Waals surface area (Å²) in [6.07, 6.45) is 1.15. The minimum atomic E-state index is 0.0255. The normalized spacial score (nSPS) is 25.8. The van der Waals surface area contributed by atoms with Gasteiger partial charge in [0.05, 0.1) is 21.3 Å². The van der Waals surface area contributed by atoms with Crippen LogP contribution in [0, 0.1) is 16.7 Å². The van der Waals surface area contributed by atoms with Gasteiger partial charge >= 0.3 is 0 Å². The molecule has 150 valence electrons. The van der Waals surface area contributed by atoms with Crippen LogP contribution in [0.2, 0.25) is 0 Å². The van der Waals surface area contributed by atoms with Gasteiger partial charge < -0.3 is 24.0 Å². The number of carbonyl (C=O) groups excluding carboxylic acids is 1. The van der Waals surface area contributed by atoms with E-state index < -0.39 is 0 Å². The number of carbonyl (C=O) groups is 1. The summed E-state index contributed by atoms with van der Waals surface area (Å²) in [5.74, 6) is 2.07. The van der Waals surface area contributed by atoms with Crippen molar-refractivity contribution in [3.05, 3.63) is 17.7 Å². The zero-order valence-corrected chi connectivity index (χ0v) is 17.6. The summed E-state index contributed by atoms with van der Waals surface area (Å²) < 4.78 is 16.2. The maximum absolute atomic E-state index is 13.3. The third kappa shape index (κ3) is 3.24. The predicted octanol–water partition coefficient (Wildman–Crippen LogP) is 2.76. The lowest BCUT2D eigenvalue weighted by Gasteiger charge is -2.57. The maximum Gasteiger partial charge on any atom is 0.254 e. The molecular formula is C21H32N2O4. The van der Waals surface area contributed by atoms with E-state index >= 15 is 0 Å². The van der Waals surface area contributed by atoms with Gasteiger partial charge in [-0.1, -0.05) is 13.8 Å². The summed E-state index contributed by atoms with van der Waals surface area (Å²) in [5.41, 5.74) is 1.05. The zero-order valence-electron chi connectivity index (χ0n) is 17.6. The molecule has 1 aromatic rings. The summed E-state index contributed by atoms with van der Waals surface area (Å²) in [6.45, 7) is 7.25. The van der Waals surface area contributed by atoms with Crippen molar-refractivity contribution >= 4 is 5.91 Å². The fourth-order valence-corrected chi connectivity index (χ4v) is 5.51. The number of nitrogens with zero attached hydrogens (tertiary/aromatic N) is 2. The highest BCUT2D eigenvalue weighted by atomic mass is 16.5. The third-order valence-electron chi connectivity index (χ3n) is 6.23. The van der Waals surface area contributed by atoms with Crippen LogP contribution in [0.25, 0.3) is 0 Å². The molecule has 0 unspecified atom stereocenters. The number of likely N-dealkylation sites (tertiary alicyclic amines) is 1. The van der Waals surface area contributed by atoms with Crippen molar-refractivity contribution in [2.24, 2.45) is 16.7 Å². The van der Waals surface area contributed by atoms with Crippen LogP contribution in [-0.2, 0) is 0 Å². The van der Waals surface area contributed by atoms with Crippen LogP contribution in [-0.4, -0.2) is 70.8 Å². The lowest BCUT2D eigenvalue weighted by atomic mass is 9.48. The Morgan fingerprint density at radius 3 is 2.19 bits per heavy atom.